The third-order valence-corrected chi connectivity index (χ3v) is 2.46. The van der Waals surface area contributed by atoms with E-state index in [1.165, 1.54) is 6.20 Å². The van der Waals surface area contributed by atoms with Gasteiger partial charge in [-0.05, 0) is 13.0 Å². The summed E-state index contributed by atoms with van der Waals surface area (Å²) in [7, 11) is 0. The Morgan fingerprint density at radius 1 is 1.64 bits per heavy atom. The molecule has 1 aliphatic rings. The Labute approximate surface area is 82.9 Å². The summed E-state index contributed by atoms with van der Waals surface area (Å²) < 4.78 is 13.4. The van der Waals surface area contributed by atoms with Crippen LogP contribution in [-0.2, 0) is 0 Å². The zero-order chi connectivity index (χ0) is 9.97. The molecular formula is C10H14FN3. The lowest BCUT2D eigenvalue weighted by atomic mass is 10.2. The topological polar surface area (TPSA) is 28.2 Å². The first-order valence-electron chi connectivity index (χ1n) is 4.85. The molecule has 14 heavy (non-hydrogen) atoms. The maximum atomic E-state index is 13.4. The molecule has 2 heterocycles. The van der Waals surface area contributed by atoms with Crippen LogP contribution in [0.2, 0.25) is 0 Å². The van der Waals surface area contributed by atoms with Crippen molar-refractivity contribution in [3.63, 3.8) is 0 Å². The molecule has 3 nitrogen and oxygen atoms in total. The normalized spacial score (nSPS) is 22.4. The Morgan fingerprint density at radius 3 is 3.21 bits per heavy atom. The highest BCUT2D eigenvalue weighted by molar-refractivity contribution is 5.46. The Morgan fingerprint density at radius 2 is 2.50 bits per heavy atom. The molecular weight excluding hydrogens is 181 g/mol. The minimum absolute atomic E-state index is 0.235. The summed E-state index contributed by atoms with van der Waals surface area (Å²) >= 11 is 0. The molecule has 0 aromatic carbocycles. The van der Waals surface area contributed by atoms with Crippen molar-refractivity contribution in [2.45, 2.75) is 13.0 Å². The maximum absolute atomic E-state index is 13.4. The van der Waals surface area contributed by atoms with Gasteiger partial charge in [-0.1, -0.05) is 0 Å². The van der Waals surface area contributed by atoms with Gasteiger partial charge >= 0.3 is 0 Å². The van der Waals surface area contributed by atoms with Crippen molar-refractivity contribution in [2.24, 2.45) is 0 Å². The van der Waals surface area contributed by atoms with E-state index in [9.17, 15) is 4.39 Å². The van der Waals surface area contributed by atoms with Crippen LogP contribution < -0.4 is 10.2 Å². The molecule has 0 radical (unpaired) electrons. The molecule has 1 aromatic rings. The smallest absolute Gasteiger partial charge is 0.164 e. The third-order valence-electron chi connectivity index (χ3n) is 2.46. The summed E-state index contributed by atoms with van der Waals surface area (Å²) in [6.45, 7) is 4.71. The summed E-state index contributed by atoms with van der Waals surface area (Å²) in [6.07, 6.45) is 2.90. The first-order valence-corrected chi connectivity index (χ1v) is 4.85. The van der Waals surface area contributed by atoms with Crippen molar-refractivity contribution in [1.29, 1.82) is 0 Å². The SMILES string of the molecule is CC1CN(c2ccncc2F)CCN1. The zero-order valence-electron chi connectivity index (χ0n) is 8.20. The van der Waals surface area contributed by atoms with Crippen LogP contribution in [0.3, 0.4) is 0 Å². The highest BCUT2D eigenvalue weighted by Gasteiger charge is 2.18. The number of halogens is 1. The van der Waals surface area contributed by atoms with E-state index in [1.807, 2.05) is 0 Å². The molecule has 1 N–H and O–H groups in total. The summed E-state index contributed by atoms with van der Waals surface area (Å²) in [5.41, 5.74) is 0.661. The largest absolute Gasteiger partial charge is 0.366 e. The van der Waals surface area contributed by atoms with E-state index in [2.05, 4.69) is 22.1 Å². The molecule has 4 heteroatoms. The average Bonchev–Trinajstić information content (AvgIpc) is 2.18. The Bertz CT molecular complexity index is 316. The summed E-state index contributed by atoms with van der Waals surface area (Å²) in [5, 5.41) is 3.32. The molecule has 1 unspecified atom stereocenters. The van der Waals surface area contributed by atoms with Gasteiger partial charge in [-0.3, -0.25) is 4.98 Å². The van der Waals surface area contributed by atoms with Crippen molar-refractivity contribution in [3.8, 4) is 0 Å². The fourth-order valence-corrected chi connectivity index (χ4v) is 1.78. The highest BCUT2D eigenvalue weighted by atomic mass is 19.1. The summed E-state index contributed by atoms with van der Waals surface area (Å²) in [4.78, 5) is 5.80. The van der Waals surface area contributed by atoms with Crippen LogP contribution >= 0.6 is 0 Å². The van der Waals surface area contributed by atoms with Crippen LogP contribution in [0, 0.1) is 5.82 Å². The summed E-state index contributed by atoms with van der Waals surface area (Å²) in [5.74, 6) is -0.235. The van der Waals surface area contributed by atoms with Gasteiger partial charge in [-0.2, -0.15) is 0 Å². The summed E-state index contributed by atoms with van der Waals surface area (Å²) in [6, 6.07) is 2.14. The lowest BCUT2D eigenvalue weighted by Crippen LogP contribution is -2.49. The number of pyridine rings is 1. The minimum atomic E-state index is -0.235. The number of piperazine rings is 1. The zero-order valence-corrected chi connectivity index (χ0v) is 8.20. The standard InChI is InChI=1S/C10H14FN3/c1-8-7-14(5-4-13-8)10-2-3-12-6-9(10)11/h2-3,6,8,13H,4-5,7H2,1H3. The number of hydrogen-bond donors (Lipinski definition) is 1. The first-order chi connectivity index (χ1) is 6.77. The average molecular weight is 195 g/mol. The quantitative estimate of drug-likeness (QED) is 0.725. The molecule has 0 amide bonds. The van der Waals surface area contributed by atoms with Gasteiger partial charge in [0.05, 0.1) is 11.9 Å². The first kappa shape index (κ1) is 9.40. The fraction of sp³-hybridized carbons (Fsp3) is 0.500. The van der Waals surface area contributed by atoms with E-state index in [0.29, 0.717) is 11.7 Å². The van der Waals surface area contributed by atoms with Crippen LogP contribution in [0.1, 0.15) is 6.92 Å². The predicted molar refractivity (Wildman–Crippen MR) is 53.9 cm³/mol. The van der Waals surface area contributed by atoms with Crippen molar-refractivity contribution < 1.29 is 4.39 Å². The number of rotatable bonds is 1. The van der Waals surface area contributed by atoms with Gasteiger partial charge < -0.3 is 10.2 Å². The van der Waals surface area contributed by atoms with Gasteiger partial charge in [0.15, 0.2) is 5.82 Å². The van der Waals surface area contributed by atoms with Crippen molar-refractivity contribution in [1.82, 2.24) is 10.3 Å². The number of aromatic nitrogens is 1. The second-order valence-corrected chi connectivity index (χ2v) is 3.63. The van der Waals surface area contributed by atoms with Gasteiger partial charge in [0, 0.05) is 31.9 Å². The number of nitrogens with zero attached hydrogens (tertiary/aromatic N) is 2. The van der Waals surface area contributed by atoms with E-state index in [4.69, 9.17) is 0 Å². The van der Waals surface area contributed by atoms with Crippen LogP contribution in [0.25, 0.3) is 0 Å². The van der Waals surface area contributed by atoms with Crippen LogP contribution in [0.5, 0.6) is 0 Å². The van der Waals surface area contributed by atoms with Crippen molar-refractivity contribution in [2.75, 3.05) is 24.5 Å². The third kappa shape index (κ3) is 1.85. The van der Waals surface area contributed by atoms with E-state index in [-0.39, 0.29) is 5.82 Å². The van der Waals surface area contributed by atoms with E-state index in [1.54, 1.807) is 12.3 Å². The molecule has 76 valence electrons. The van der Waals surface area contributed by atoms with Gasteiger partial charge in [0.1, 0.15) is 0 Å². The molecule has 0 aliphatic carbocycles. The number of anilines is 1. The molecule has 2 rings (SSSR count). The lowest BCUT2D eigenvalue weighted by molar-refractivity contribution is 0.478. The Kier molecular flexibility index (Phi) is 2.63. The van der Waals surface area contributed by atoms with Gasteiger partial charge in [-0.15, -0.1) is 0 Å². The Balaban J connectivity index is 2.18. The molecule has 0 saturated carbocycles. The minimum Gasteiger partial charge on any atom is -0.366 e. The molecule has 1 aromatic heterocycles. The van der Waals surface area contributed by atoms with E-state index >= 15 is 0 Å². The van der Waals surface area contributed by atoms with Gasteiger partial charge in [0.2, 0.25) is 0 Å². The predicted octanol–water partition coefficient (Wildman–Crippen LogP) is 1.02. The lowest BCUT2D eigenvalue weighted by Gasteiger charge is -2.33. The van der Waals surface area contributed by atoms with Gasteiger partial charge in [-0.25, -0.2) is 4.39 Å². The van der Waals surface area contributed by atoms with E-state index in [0.717, 1.165) is 19.6 Å². The molecule has 1 atom stereocenters. The number of nitrogens with one attached hydrogen (secondary N) is 1. The Hall–Kier alpha value is -1.16. The van der Waals surface area contributed by atoms with Crippen LogP contribution in [-0.4, -0.2) is 30.7 Å². The molecule has 1 aliphatic heterocycles. The van der Waals surface area contributed by atoms with Crippen LogP contribution in [0.15, 0.2) is 18.5 Å². The van der Waals surface area contributed by atoms with Crippen LogP contribution in [0.4, 0.5) is 10.1 Å². The monoisotopic (exact) mass is 195 g/mol. The van der Waals surface area contributed by atoms with E-state index < -0.39 is 0 Å². The molecule has 0 bridgehead atoms. The maximum Gasteiger partial charge on any atom is 0.164 e. The second kappa shape index (κ2) is 3.92. The molecule has 1 saturated heterocycles. The number of hydrogen-bond acceptors (Lipinski definition) is 3. The molecule has 0 spiro atoms. The highest BCUT2D eigenvalue weighted by Crippen LogP contribution is 2.18. The fourth-order valence-electron chi connectivity index (χ4n) is 1.78. The van der Waals surface area contributed by atoms with Crippen molar-refractivity contribution in [3.05, 3.63) is 24.3 Å². The van der Waals surface area contributed by atoms with Crippen molar-refractivity contribution >= 4 is 5.69 Å². The second-order valence-electron chi connectivity index (χ2n) is 3.63. The molecule has 1 fully saturated rings. The van der Waals surface area contributed by atoms with Gasteiger partial charge in [0.25, 0.3) is 0 Å².